The molecule has 0 aliphatic heterocycles. The minimum Gasteiger partial charge on any atom is -0.317 e. The highest BCUT2D eigenvalue weighted by molar-refractivity contribution is 5.83. The Morgan fingerprint density at radius 1 is 0.517 bits per heavy atom. The monoisotopic (exact) mass is 383 g/mol. The fourth-order valence-electron chi connectivity index (χ4n) is 3.18. The second kappa shape index (κ2) is 8.53. The SMILES string of the molecule is Fc1ccc(N(C=C(c2ccccc2)c2ccccc2)c2ccc(F)cc2)cc1. The molecule has 0 spiro atoms. The molecule has 3 heteroatoms. The van der Waals surface area contributed by atoms with E-state index in [0.717, 1.165) is 28.1 Å². The molecule has 4 rings (SSSR count). The van der Waals surface area contributed by atoms with Crippen molar-refractivity contribution in [2.24, 2.45) is 0 Å². The molecule has 4 aromatic rings. The summed E-state index contributed by atoms with van der Waals surface area (Å²) < 4.78 is 27.0. The summed E-state index contributed by atoms with van der Waals surface area (Å²) in [6, 6.07) is 32.6. The first-order valence-electron chi connectivity index (χ1n) is 9.34. The smallest absolute Gasteiger partial charge is 0.123 e. The van der Waals surface area contributed by atoms with Crippen LogP contribution >= 0.6 is 0 Å². The number of halogens is 2. The fraction of sp³-hybridized carbons (Fsp3) is 0. The van der Waals surface area contributed by atoms with E-state index >= 15 is 0 Å². The summed E-state index contributed by atoms with van der Waals surface area (Å²) in [5.74, 6) is -0.605. The molecule has 0 aromatic heterocycles. The van der Waals surface area contributed by atoms with Crippen molar-refractivity contribution in [3.63, 3.8) is 0 Å². The zero-order valence-corrected chi connectivity index (χ0v) is 15.7. The van der Waals surface area contributed by atoms with E-state index in [9.17, 15) is 8.78 Å². The highest BCUT2D eigenvalue weighted by atomic mass is 19.1. The number of anilines is 2. The third kappa shape index (κ3) is 4.41. The molecule has 0 amide bonds. The Hall–Kier alpha value is -3.72. The molecule has 0 N–H and O–H groups in total. The molecule has 0 aliphatic rings. The zero-order chi connectivity index (χ0) is 20.1. The van der Waals surface area contributed by atoms with Gasteiger partial charge in [0.2, 0.25) is 0 Å². The van der Waals surface area contributed by atoms with Crippen LogP contribution in [0.3, 0.4) is 0 Å². The van der Waals surface area contributed by atoms with Gasteiger partial charge in [-0.3, -0.25) is 0 Å². The molecule has 0 fully saturated rings. The van der Waals surface area contributed by atoms with Crippen molar-refractivity contribution in [1.82, 2.24) is 0 Å². The van der Waals surface area contributed by atoms with Gasteiger partial charge in [-0.05, 0) is 59.7 Å². The summed E-state index contributed by atoms with van der Waals surface area (Å²) >= 11 is 0. The van der Waals surface area contributed by atoms with E-state index in [1.807, 2.05) is 71.8 Å². The minimum absolute atomic E-state index is 0.303. The Bertz CT molecular complexity index is 1000. The first-order valence-corrected chi connectivity index (χ1v) is 9.34. The maximum absolute atomic E-state index is 13.5. The Kier molecular flexibility index (Phi) is 5.48. The lowest BCUT2D eigenvalue weighted by molar-refractivity contribution is 0.628. The molecule has 0 heterocycles. The van der Waals surface area contributed by atoms with Crippen molar-refractivity contribution < 1.29 is 8.78 Å². The Labute approximate surface area is 169 Å². The second-order valence-electron chi connectivity index (χ2n) is 6.60. The molecule has 0 atom stereocenters. The quantitative estimate of drug-likeness (QED) is 0.352. The molecule has 4 aromatic carbocycles. The van der Waals surface area contributed by atoms with Gasteiger partial charge in [0.05, 0.1) is 0 Å². The Morgan fingerprint density at radius 2 is 0.897 bits per heavy atom. The van der Waals surface area contributed by atoms with Crippen LogP contribution in [0.25, 0.3) is 5.57 Å². The predicted molar refractivity (Wildman–Crippen MR) is 115 cm³/mol. The maximum Gasteiger partial charge on any atom is 0.123 e. The van der Waals surface area contributed by atoms with Gasteiger partial charge in [0.15, 0.2) is 0 Å². The van der Waals surface area contributed by atoms with E-state index < -0.39 is 0 Å². The molecule has 0 unspecified atom stereocenters. The van der Waals surface area contributed by atoms with Gasteiger partial charge in [0.25, 0.3) is 0 Å². The van der Waals surface area contributed by atoms with Crippen molar-refractivity contribution in [3.05, 3.63) is 138 Å². The number of benzene rings is 4. The number of nitrogens with zero attached hydrogens (tertiary/aromatic N) is 1. The lowest BCUT2D eigenvalue weighted by atomic mass is 9.98. The summed E-state index contributed by atoms with van der Waals surface area (Å²) in [6.45, 7) is 0. The van der Waals surface area contributed by atoms with Crippen LogP contribution in [0.15, 0.2) is 115 Å². The summed E-state index contributed by atoms with van der Waals surface area (Å²) in [6.07, 6.45) is 2.01. The molecule has 142 valence electrons. The van der Waals surface area contributed by atoms with Gasteiger partial charge in [0, 0.05) is 23.1 Å². The number of hydrogen-bond acceptors (Lipinski definition) is 1. The van der Waals surface area contributed by atoms with Crippen molar-refractivity contribution >= 4 is 16.9 Å². The van der Waals surface area contributed by atoms with Gasteiger partial charge < -0.3 is 4.90 Å². The Morgan fingerprint density at radius 3 is 1.28 bits per heavy atom. The number of rotatable bonds is 5. The van der Waals surface area contributed by atoms with Gasteiger partial charge in [-0.15, -0.1) is 0 Å². The van der Waals surface area contributed by atoms with E-state index in [2.05, 4.69) is 0 Å². The van der Waals surface area contributed by atoms with E-state index in [0.29, 0.717) is 0 Å². The highest BCUT2D eigenvalue weighted by Gasteiger charge is 2.12. The molecule has 0 bridgehead atoms. The normalized spacial score (nSPS) is 10.4. The van der Waals surface area contributed by atoms with Gasteiger partial charge in [-0.1, -0.05) is 60.7 Å². The lowest BCUT2D eigenvalue weighted by Crippen LogP contribution is -2.10. The summed E-state index contributed by atoms with van der Waals surface area (Å²) in [4.78, 5) is 1.94. The first-order chi connectivity index (χ1) is 14.2. The van der Waals surface area contributed by atoms with Crippen LogP contribution < -0.4 is 4.90 Å². The van der Waals surface area contributed by atoms with Crippen LogP contribution in [-0.4, -0.2) is 0 Å². The Balaban J connectivity index is 1.90. The lowest BCUT2D eigenvalue weighted by Gasteiger charge is -2.23. The first kappa shape index (κ1) is 18.6. The van der Waals surface area contributed by atoms with Gasteiger partial charge in [-0.25, -0.2) is 8.78 Å². The number of hydrogen-bond donors (Lipinski definition) is 0. The molecule has 0 aliphatic carbocycles. The topological polar surface area (TPSA) is 3.24 Å². The molecule has 29 heavy (non-hydrogen) atoms. The van der Waals surface area contributed by atoms with Crippen LogP contribution in [0.1, 0.15) is 11.1 Å². The van der Waals surface area contributed by atoms with E-state index in [1.165, 1.54) is 24.3 Å². The average Bonchev–Trinajstić information content (AvgIpc) is 2.77. The summed E-state index contributed by atoms with van der Waals surface area (Å²) in [7, 11) is 0. The van der Waals surface area contributed by atoms with Crippen molar-refractivity contribution in [2.75, 3.05) is 4.90 Å². The minimum atomic E-state index is -0.303. The average molecular weight is 383 g/mol. The molecule has 1 nitrogen and oxygen atoms in total. The van der Waals surface area contributed by atoms with Crippen molar-refractivity contribution in [2.45, 2.75) is 0 Å². The summed E-state index contributed by atoms with van der Waals surface area (Å²) in [5, 5.41) is 0. The van der Waals surface area contributed by atoms with Crippen molar-refractivity contribution in [3.8, 4) is 0 Å². The standard InChI is InChI=1S/C26H19F2N/c27-22-11-15-24(16-12-22)29(25-17-13-23(28)14-18-25)19-26(20-7-3-1-4-8-20)21-9-5-2-6-10-21/h1-19H. The molecular formula is C26H19F2N. The van der Waals surface area contributed by atoms with Crippen LogP contribution in [0.4, 0.5) is 20.2 Å². The molecule has 0 saturated heterocycles. The molecule has 0 radical (unpaired) electrons. The van der Waals surface area contributed by atoms with Gasteiger partial charge >= 0.3 is 0 Å². The van der Waals surface area contributed by atoms with E-state index in [-0.39, 0.29) is 11.6 Å². The van der Waals surface area contributed by atoms with Gasteiger partial charge in [-0.2, -0.15) is 0 Å². The maximum atomic E-state index is 13.5. The highest BCUT2D eigenvalue weighted by Crippen LogP contribution is 2.31. The van der Waals surface area contributed by atoms with Crippen LogP contribution in [0, 0.1) is 11.6 Å². The molecule has 0 saturated carbocycles. The molecular weight excluding hydrogens is 364 g/mol. The fourth-order valence-corrected chi connectivity index (χ4v) is 3.18. The largest absolute Gasteiger partial charge is 0.317 e. The van der Waals surface area contributed by atoms with E-state index in [1.54, 1.807) is 24.3 Å². The zero-order valence-electron chi connectivity index (χ0n) is 15.7. The van der Waals surface area contributed by atoms with Crippen LogP contribution in [0.2, 0.25) is 0 Å². The van der Waals surface area contributed by atoms with Crippen molar-refractivity contribution in [1.29, 1.82) is 0 Å². The summed E-state index contributed by atoms with van der Waals surface area (Å²) in [5.41, 5.74) is 4.66. The van der Waals surface area contributed by atoms with E-state index in [4.69, 9.17) is 0 Å². The second-order valence-corrected chi connectivity index (χ2v) is 6.60. The third-order valence-corrected chi connectivity index (χ3v) is 4.64. The third-order valence-electron chi connectivity index (χ3n) is 4.64. The van der Waals surface area contributed by atoms with Crippen LogP contribution in [-0.2, 0) is 0 Å². The van der Waals surface area contributed by atoms with Crippen LogP contribution in [0.5, 0.6) is 0 Å². The predicted octanol–water partition coefficient (Wildman–Crippen LogP) is 7.19. The van der Waals surface area contributed by atoms with Gasteiger partial charge in [0.1, 0.15) is 11.6 Å².